The number of rotatable bonds is 6. The lowest BCUT2D eigenvalue weighted by Gasteiger charge is -2.26. The molecule has 0 atom stereocenters. The van der Waals surface area contributed by atoms with Crippen molar-refractivity contribution in [2.45, 2.75) is 36.9 Å². The molecular formula is C16H21N5O3S2. The number of amides is 1. The van der Waals surface area contributed by atoms with Crippen LogP contribution in [0.1, 0.15) is 31.1 Å². The number of carbonyl (C=O) groups is 1. The average molecular weight is 396 g/mol. The zero-order valence-electron chi connectivity index (χ0n) is 14.4. The van der Waals surface area contributed by atoms with Gasteiger partial charge in [-0.05, 0) is 31.4 Å². The molecule has 2 aromatic heterocycles. The molecule has 0 saturated carbocycles. The third-order valence-electron chi connectivity index (χ3n) is 3.94. The van der Waals surface area contributed by atoms with Gasteiger partial charge in [0.15, 0.2) is 0 Å². The maximum absolute atomic E-state index is 12.5. The van der Waals surface area contributed by atoms with Crippen LogP contribution in [0, 0.1) is 0 Å². The first-order valence-corrected chi connectivity index (χ1v) is 10.7. The maximum Gasteiger partial charge on any atom is 0.271 e. The first-order valence-electron chi connectivity index (χ1n) is 8.37. The molecule has 1 saturated heterocycles. The first kappa shape index (κ1) is 18.6. The third kappa shape index (κ3) is 4.70. The Labute approximate surface area is 156 Å². The van der Waals surface area contributed by atoms with Crippen molar-refractivity contribution >= 4 is 38.9 Å². The van der Waals surface area contributed by atoms with Crippen molar-refractivity contribution in [2.75, 3.05) is 22.7 Å². The number of piperidine rings is 1. The summed E-state index contributed by atoms with van der Waals surface area (Å²) in [5, 5.41) is 2.65. The normalized spacial score (nSPS) is 14.9. The summed E-state index contributed by atoms with van der Waals surface area (Å²) in [7, 11) is -3.71. The molecule has 1 aliphatic heterocycles. The number of carbonyl (C=O) groups excluding carboxylic acids is 1. The van der Waals surface area contributed by atoms with Crippen LogP contribution in [-0.2, 0) is 21.4 Å². The zero-order chi connectivity index (χ0) is 18.6. The van der Waals surface area contributed by atoms with Crippen molar-refractivity contribution in [3.63, 3.8) is 0 Å². The Kier molecular flexibility index (Phi) is 5.72. The molecule has 1 fully saturated rings. The Morgan fingerprint density at radius 3 is 2.54 bits per heavy atom. The number of hydrogen-bond acceptors (Lipinski definition) is 7. The molecule has 1 aliphatic rings. The van der Waals surface area contributed by atoms with Crippen molar-refractivity contribution < 1.29 is 13.2 Å². The Bertz CT molecular complexity index is 858. The largest absolute Gasteiger partial charge is 0.351 e. The molecule has 0 bridgehead atoms. The Hall–Kier alpha value is -2.20. The minimum Gasteiger partial charge on any atom is -0.351 e. The number of nitrogens with zero attached hydrogens (tertiary/aromatic N) is 3. The van der Waals surface area contributed by atoms with Crippen LogP contribution in [0.2, 0.25) is 0 Å². The highest BCUT2D eigenvalue weighted by atomic mass is 32.2. The van der Waals surface area contributed by atoms with Crippen LogP contribution in [0.25, 0.3) is 0 Å². The number of sulfonamides is 1. The van der Waals surface area contributed by atoms with E-state index >= 15 is 0 Å². The van der Waals surface area contributed by atoms with E-state index in [1.54, 1.807) is 6.07 Å². The van der Waals surface area contributed by atoms with Crippen LogP contribution in [0.4, 0.5) is 11.6 Å². The summed E-state index contributed by atoms with van der Waals surface area (Å²) >= 11 is 1.11. The number of nitrogens with one attached hydrogen (secondary N) is 2. The fraction of sp³-hybridized carbons (Fsp3) is 0.438. The lowest BCUT2D eigenvalue weighted by atomic mass is 10.1. The summed E-state index contributed by atoms with van der Waals surface area (Å²) in [6.45, 7) is 3.58. The molecule has 140 valence electrons. The summed E-state index contributed by atoms with van der Waals surface area (Å²) in [6.07, 6.45) is 6.44. The van der Waals surface area contributed by atoms with Gasteiger partial charge in [-0.3, -0.25) is 9.52 Å². The Balaban J connectivity index is 1.66. The smallest absolute Gasteiger partial charge is 0.271 e. The molecule has 0 unspecified atom stereocenters. The summed E-state index contributed by atoms with van der Waals surface area (Å²) in [6, 6.07) is 3.21. The molecule has 0 aromatic carbocycles. The van der Waals surface area contributed by atoms with Gasteiger partial charge < -0.3 is 10.2 Å². The molecular weight excluding hydrogens is 374 g/mol. The zero-order valence-corrected chi connectivity index (χ0v) is 16.1. The van der Waals surface area contributed by atoms with E-state index in [0.717, 1.165) is 42.1 Å². The monoisotopic (exact) mass is 395 g/mol. The van der Waals surface area contributed by atoms with Crippen LogP contribution in [0.3, 0.4) is 0 Å². The highest BCUT2D eigenvalue weighted by Crippen LogP contribution is 2.24. The van der Waals surface area contributed by atoms with E-state index in [0.29, 0.717) is 18.2 Å². The summed E-state index contributed by atoms with van der Waals surface area (Å²) in [5.41, 5.74) is 0.322. The van der Waals surface area contributed by atoms with E-state index in [1.807, 2.05) is 0 Å². The number of anilines is 2. The van der Waals surface area contributed by atoms with E-state index in [1.165, 1.54) is 31.8 Å². The van der Waals surface area contributed by atoms with E-state index < -0.39 is 10.0 Å². The molecule has 2 aromatic rings. The minimum absolute atomic E-state index is 0.160. The summed E-state index contributed by atoms with van der Waals surface area (Å²) < 4.78 is 27.6. The van der Waals surface area contributed by atoms with Gasteiger partial charge in [0.25, 0.3) is 10.0 Å². The molecule has 3 heterocycles. The van der Waals surface area contributed by atoms with Gasteiger partial charge in [0.2, 0.25) is 11.9 Å². The molecule has 0 aliphatic carbocycles. The van der Waals surface area contributed by atoms with Crippen molar-refractivity contribution in [1.82, 2.24) is 15.3 Å². The SMILES string of the molecule is CC(=O)NCc1ccc(S(=O)(=O)Nc2cnc(N3CCCCC3)nc2)s1. The van der Waals surface area contributed by atoms with E-state index in [9.17, 15) is 13.2 Å². The van der Waals surface area contributed by atoms with Gasteiger partial charge in [0.05, 0.1) is 24.6 Å². The maximum atomic E-state index is 12.5. The predicted octanol–water partition coefficient (Wildman–Crippen LogP) is 1.97. The van der Waals surface area contributed by atoms with Crippen LogP contribution in [-0.4, -0.2) is 37.4 Å². The number of aromatic nitrogens is 2. The highest BCUT2D eigenvalue weighted by Gasteiger charge is 2.18. The molecule has 8 nitrogen and oxygen atoms in total. The first-order chi connectivity index (χ1) is 12.4. The van der Waals surface area contributed by atoms with Crippen molar-refractivity contribution in [3.05, 3.63) is 29.4 Å². The quantitative estimate of drug-likeness (QED) is 0.775. The Morgan fingerprint density at radius 2 is 1.88 bits per heavy atom. The lowest BCUT2D eigenvalue weighted by molar-refractivity contribution is -0.119. The van der Waals surface area contributed by atoms with Crippen molar-refractivity contribution in [2.24, 2.45) is 0 Å². The standard InChI is InChI=1S/C16H21N5O3S2/c1-12(22)17-11-14-5-6-15(25-14)26(23,24)20-13-9-18-16(19-10-13)21-7-3-2-4-8-21/h5-6,9-10,20H,2-4,7-8,11H2,1H3,(H,17,22). The van der Waals surface area contributed by atoms with Crippen molar-refractivity contribution in [1.29, 1.82) is 0 Å². The third-order valence-corrected chi connectivity index (χ3v) is 6.90. The van der Waals surface area contributed by atoms with Gasteiger partial charge in [-0.1, -0.05) is 0 Å². The van der Waals surface area contributed by atoms with Crippen molar-refractivity contribution in [3.8, 4) is 0 Å². The second kappa shape index (κ2) is 8.00. The second-order valence-corrected chi connectivity index (χ2v) is 9.13. The summed E-state index contributed by atoms with van der Waals surface area (Å²) in [4.78, 5) is 22.4. The van der Waals surface area contributed by atoms with E-state index in [4.69, 9.17) is 0 Å². The molecule has 26 heavy (non-hydrogen) atoms. The summed E-state index contributed by atoms with van der Waals surface area (Å²) in [5.74, 6) is 0.466. The second-order valence-electron chi connectivity index (χ2n) is 6.06. The van der Waals surface area contributed by atoms with Crippen LogP contribution in [0.15, 0.2) is 28.7 Å². The number of thiophene rings is 1. The molecule has 10 heteroatoms. The minimum atomic E-state index is -3.71. The highest BCUT2D eigenvalue weighted by molar-refractivity contribution is 7.94. The molecule has 1 amide bonds. The topological polar surface area (TPSA) is 104 Å². The lowest BCUT2D eigenvalue weighted by Crippen LogP contribution is -2.30. The molecule has 0 radical (unpaired) electrons. The van der Waals surface area contributed by atoms with Gasteiger partial charge in [-0.2, -0.15) is 0 Å². The molecule has 0 spiro atoms. The van der Waals surface area contributed by atoms with Gasteiger partial charge in [0.1, 0.15) is 4.21 Å². The van der Waals surface area contributed by atoms with Gasteiger partial charge in [-0.15, -0.1) is 11.3 Å². The molecule has 3 rings (SSSR count). The Morgan fingerprint density at radius 1 is 1.19 bits per heavy atom. The fourth-order valence-corrected chi connectivity index (χ4v) is 4.97. The van der Waals surface area contributed by atoms with E-state index in [2.05, 4.69) is 24.9 Å². The average Bonchev–Trinajstić information content (AvgIpc) is 3.11. The van der Waals surface area contributed by atoms with Crippen LogP contribution < -0.4 is 14.9 Å². The fourth-order valence-electron chi connectivity index (χ4n) is 2.65. The van der Waals surface area contributed by atoms with Gasteiger partial charge in [0, 0.05) is 24.9 Å². The number of hydrogen-bond donors (Lipinski definition) is 2. The van der Waals surface area contributed by atoms with Crippen LogP contribution >= 0.6 is 11.3 Å². The predicted molar refractivity (Wildman–Crippen MR) is 101 cm³/mol. The van der Waals surface area contributed by atoms with E-state index in [-0.39, 0.29) is 10.1 Å². The molecule has 2 N–H and O–H groups in total. The van der Waals surface area contributed by atoms with Gasteiger partial charge in [-0.25, -0.2) is 18.4 Å². The van der Waals surface area contributed by atoms with Gasteiger partial charge >= 0.3 is 0 Å². The van der Waals surface area contributed by atoms with Crippen LogP contribution in [0.5, 0.6) is 0 Å².